The van der Waals surface area contributed by atoms with Crippen molar-refractivity contribution in [1.29, 1.82) is 0 Å². The Balaban J connectivity index is 2.84. The van der Waals surface area contributed by atoms with E-state index in [9.17, 15) is 9.59 Å². The van der Waals surface area contributed by atoms with Gasteiger partial charge < -0.3 is 14.8 Å². The van der Waals surface area contributed by atoms with E-state index in [-0.39, 0.29) is 12.3 Å². The van der Waals surface area contributed by atoms with Crippen molar-refractivity contribution in [3.05, 3.63) is 24.3 Å². The van der Waals surface area contributed by atoms with Gasteiger partial charge in [-0.3, -0.25) is 9.97 Å². The molecule has 0 aliphatic carbocycles. The number of hydrogen-bond donors (Lipinski definition) is 1. The first-order chi connectivity index (χ1) is 9.33. The summed E-state index contributed by atoms with van der Waals surface area (Å²) in [6.07, 6.45) is 3.57. The maximum atomic E-state index is 11.9. The van der Waals surface area contributed by atoms with Gasteiger partial charge in [-0.25, -0.2) is 9.59 Å². The molecule has 0 aliphatic rings. The normalized spacial score (nSPS) is 12.4. The van der Waals surface area contributed by atoms with Gasteiger partial charge in [0.15, 0.2) is 6.04 Å². The molecule has 0 saturated heterocycles. The van der Waals surface area contributed by atoms with Crippen molar-refractivity contribution in [3.63, 3.8) is 0 Å². The lowest BCUT2D eigenvalue weighted by Gasteiger charge is -2.22. The number of alkyl carbamates (subject to hydrolysis) is 1. The van der Waals surface area contributed by atoms with Gasteiger partial charge in [-0.15, -0.1) is 0 Å². The smallest absolute Gasteiger partial charge is 0.408 e. The lowest BCUT2D eigenvalue weighted by molar-refractivity contribution is -0.146. The highest BCUT2D eigenvalue weighted by molar-refractivity contribution is 5.82. The van der Waals surface area contributed by atoms with Gasteiger partial charge in [-0.2, -0.15) is 0 Å². The third kappa shape index (κ3) is 5.21. The Kier molecular flexibility index (Phi) is 5.42. The van der Waals surface area contributed by atoms with E-state index in [1.54, 1.807) is 27.7 Å². The van der Waals surface area contributed by atoms with Gasteiger partial charge in [0, 0.05) is 12.4 Å². The fourth-order valence-electron chi connectivity index (χ4n) is 1.36. The van der Waals surface area contributed by atoms with Crippen LogP contribution in [0.1, 0.15) is 39.4 Å². The topological polar surface area (TPSA) is 90.4 Å². The van der Waals surface area contributed by atoms with Crippen LogP contribution in [0.25, 0.3) is 0 Å². The number of ether oxygens (including phenoxy) is 2. The number of esters is 1. The molecule has 0 spiro atoms. The first kappa shape index (κ1) is 15.9. The first-order valence-corrected chi connectivity index (χ1v) is 6.25. The summed E-state index contributed by atoms with van der Waals surface area (Å²) in [5.41, 5.74) is -0.372. The van der Waals surface area contributed by atoms with Crippen LogP contribution in [-0.4, -0.2) is 34.2 Å². The zero-order valence-corrected chi connectivity index (χ0v) is 12.0. The van der Waals surface area contributed by atoms with Crippen LogP contribution in [0.3, 0.4) is 0 Å². The molecule has 0 aromatic carbocycles. The quantitative estimate of drug-likeness (QED) is 0.843. The van der Waals surface area contributed by atoms with Gasteiger partial charge in [-0.05, 0) is 27.7 Å². The zero-order valence-electron chi connectivity index (χ0n) is 12.0. The highest BCUT2D eigenvalue weighted by Crippen LogP contribution is 2.13. The molecule has 1 aromatic rings. The molecule has 110 valence electrons. The molecule has 0 saturated carbocycles. The maximum absolute atomic E-state index is 11.9. The van der Waals surface area contributed by atoms with Gasteiger partial charge >= 0.3 is 12.1 Å². The van der Waals surface area contributed by atoms with E-state index in [0.717, 1.165) is 0 Å². The number of rotatable bonds is 4. The standard InChI is InChI=1S/C13H19N3O4/c1-5-19-11(17)10(9-8-14-6-7-15-9)16-12(18)20-13(2,3)4/h6-8,10H,5H2,1-4H3,(H,16,18). The van der Waals surface area contributed by atoms with Crippen molar-refractivity contribution in [3.8, 4) is 0 Å². The largest absolute Gasteiger partial charge is 0.464 e. The van der Waals surface area contributed by atoms with Crippen LogP contribution >= 0.6 is 0 Å². The molecule has 1 unspecified atom stereocenters. The molecular formula is C13H19N3O4. The molecule has 1 aromatic heterocycles. The fraction of sp³-hybridized carbons (Fsp3) is 0.538. The summed E-state index contributed by atoms with van der Waals surface area (Å²) in [6, 6.07) is -1.04. The number of hydrogen-bond acceptors (Lipinski definition) is 6. The van der Waals surface area contributed by atoms with Gasteiger partial charge in [0.25, 0.3) is 0 Å². The van der Waals surface area contributed by atoms with E-state index >= 15 is 0 Å². The molecule has 0 fully saturated rings. The Hall–Kier alpha value is -2.18. The minimum absolute atomic E-state index is 0.200. The summed E-state index contributed by atoms with van der Waals surface area (Å²) in [7, 11) is 0. The van der Waals surface area contributed by atoms with Gasteiger partial charge in [0.2, 0.25) is 0 Å². The molecule has 1 atom stereocenters. The van der Waals surface area contributed by atoms with Crippen LogP contribution < -0.4 is 5.32 Å². The molecule has 0 aliphatic heterocycles. The Labute approximate surface area is 117 Å². The third-order valence-electron chi connectivity index (χ3n) is 2.06. The molecule has 7 heteroatoms. The Morgan fingerprint density at radius 1 is 1.35 bits per heavy atom. The van der Waals surface area contributed by atoms with E-state index in [1.165, 1.54) is 18.6 Å². The predicted molar refractivity (Wildman–Crippen MR) is 70.8 cm³/mol. The monoisotopic (exact) mass is 281 g/mol. The van der Waals surface area contributed by atoms with Crippen LogP contribution in [0, 0.1) is 0 Å². The van der Waals surface area contributed by atoms with E-state index < -0.39 is 23.7 Å². The molecule has 1 N–H and O–H groups in total. The fourth-order valence-corrected chi connectivity index (χ4v) is 1.36. The average molecular weight is 281 g/mol. The van der Waals surface area contributed by atoms with Gasteiger partial charge in [-0.1, -0.05) is 0 Å². The Bertz CT molecular complexity index is 456. The summed E-state index contributed by atoms with van der Waals surface area (Å²) in [6.45, 7) is 7.07. The molecule has 0 radical (unpaired) electrons. The van der Waals surface area contributed by atoms with E-state index in [2.05, 4.69) is 15.3 Å². The summed E-state index contributed by atoms with van der Waals surface area (Å²) in [4.78, 5) is 31.5. The molecule has 1 rings (SSSR count). The second kappa shape index (κ2) is 6.83. The summed E-state index contributed by atoms with van der Waals surface area (Å²) in [5, 5.41) is 2.44. The van der Waals surface area contributed by atoms with Crippen molar-refractivity contribution < 1.29 is 19.1 Å². The summed E-state index contributed by atoms with van der Waals surface area (Å²) in [5.74, 6) is -0.612. The number of aromatic nitrogens is 2. The third-order valence-corrected chi connectivity index (χ3v) is 2.06. The second-order valence-corrected chi connectivity index (χ2v) is 4.96. The average Bonchev–Trinajstić information content (AvgIpc) is 2.35. The molecule has 7 nitrogen and oxygen atoms in total. The number of carbonyl (C=O) groups is 2. The van der Waals surface area contributed by atoms with Crippen LogP contribution in [0.15, 0.2) is 18.6 Å². The highest BCUT2D eigenvalue weighted by atomic mass is 16.6. The van der Waals surface area contributed by atoms with Crippen LogP contribution in [-0.2, 0) is 14.3 Å². The second-order valence-electron chi connectivity index (χ2n) is 4.96. The molecule has 1 amide bonds. The molecule has 0 bridgehead atoms. The number of carbonyl (C=O) groups excluding carboxylic acids is 2. The van der Waals surface area contributed by atoms with Gasteiger partial charge in [0.05, 0.1) is 18.5 Å². The predicted octanol–water partition coefficient (Wildman–Crippen LogP) is 1.61. The molecule has 1 heterocycles. The van der Waals surface area contributed by atoms with Crippen molar-refractivity contribution >= 4 is 12.1 Å². The lowest BCUT2D eigenvalue weighted by atomic mass is 10.2. The minimum atomic E-state index is -1.04. The van der Waals surface area contributed by atoms with Crippen LogP contribution in [0.2, 0.25) is 0 Å². The SMILES string of the molecule is CCOC(=O)C(NC(=O)OC(C)(C)C)c1cnccn1. The highest BCUT2D eigenvalue weighted by Gasteiger charge is 2.28. The van der Waals surface area contributed by atoms with Crippen molar-refractivity contribution in [2.75, 3.05) is 6.61 Å². The van der Waals surface area contributed by atoms with Gasteiger partial charge in [0.1, 0.15) is 5.60 Å². The molecule has 20 heavy (non-hydrogen) atoms. The zero-order chi connectivity index (χ0) is 15.2. The Morgan fingerprint density at radius 2 is 2.05 bits per heavy atom. The number of nitrogens with zero attached hydrogens (tertiary/aromatic N) is 2. The van der Waals surface area contributed by atoms with Crippen molar-refractivity contribution in [2.45, 2.75) is 39.3 Å². The first-order valence-electron chi connectivity index (χ1n) is 6.25. The van der Waals surface area contributed by atoms with Crippen LogP contribution in [0.4, 0.5) is 4.79 Å². The van der Waals surface area contributed by atoms with E-state index in [0.29, 0.717) is 0 Å². The number of nitrogens with one attached hydrogen (secondary N) is 1. The van der Waals surface area contributed by atoms with E-state index in [1.807, 2.05) is 0 Å². The summed E-state index contributed by atoms with van der Waals surface area (Å²) < 4.78 is 10.0. The van der Waals surface area contributed by atoms with Crippen molar-refractivity contribution in [2.24, 2.45) is 0 Å². The maximum Gasteiger partial charge on any atom is 0.408 e. The lowest BCUT2D eigenvalue weighted by Crippen LogP contribution is -2.39. The molecular weight excluding hydrogens is 262 g/mol. The summed E-state index contributed by atoms with van der Waals surface area (Å²) >= 11 is 0. The minimum Gasteiger partial charge on any atom is -0.464 e. The Morgan fingerprint density at radius 3 is 2.55 bits per heavy atom. The van der Waals surface area contributed by atoms with Crippen LogP contribution in [0.5, 0.6) is 0 Å². The number of amides is 1. The van der Waals surface area contributed by atoms with E-state index in [4.69, 9.17) is 9.47 Å². The van der Waals surface area contributed by atoms with Crippen molar-refractivity contribution in [1.82, 2.24) is 15.3 Å².